The van der Waals surface area contributed by atoms with Crippen LogP contribution in [-0.2, 0) is 11.3 Å². The van der Waals surface area contributed by atoms with E-state index in [0.29, 0.717) is 5.95 Å². The molecule has 1 saturated heterocycles. The molecule has 3 aromatic rings. The van der Waals surface area contributed by atoms with Gasteiger partial charge in [-0.3, -0.25) is 0 Å². The van der Waals surface area contributed by atoms with Gasteiger partial charge in [0, 0.05) is 38.4 Å². The number of aryl methyl sites for hydroxylation is 1. The highest BCUT2D eigenvalue weighted by atomic mass is 16.5. The summed E-state index contributed by atoms with van der Waals surface area (Å²) in [5.41, 5.74) is 4.34. The maximum Gasteiger partial charge on any atom is 0.229 e. The van der Waals surface area contributed by atoms with E-state index in [2.05, 4.69) is 69.6 Å². The van der Waals surface area contributed by atoms with Crippen molar-refractivity contribution in [2.24, 2.45) is 0 Å². The molecular weight excluding hydrogens is 362 g/mol. The summed E-state index contributed by atoms with van der Waals surface area (Å²) >= 11 is 0. The fourth-order valence-corrected chi connectivity index (χ4v) is 3.52. The van der Waals surface area contributed by atoms with Gasteiger partial charge in [0.05, 0.1) is 24.6 Å². The Morgan fingerprint density at radius 1 is 1.00 bits per heavy atom. The molecule has 0 radical (unpaired) electrons. The van der Waals surface area contributed by atoms with Gasteiger partial charge in [0.15, 0.2) is 0 Å². The van der Waals surface area contributed by atoms with Crippen LogP contribution in [0.1, 0.15) is 11.3 Å². The van der Waals surface area contributed by atoms with Crippen LogP contribution in [0.4, 0.5) is 23.1 Å². The zero-order valence-electron chi connectivity index (χ0n) is 17.0. The lowest BCUT2D eigenvalue weighted by atomic mass is 10.2. The van der Waals surface area contributed by atoms with Crippen molar-refractivity contribution in [2.75, 3.05) is 48.5 Å². The number of nitrogens with one attached hydrogen (secondary N) is 1. The first-order chi connectivity index (χ1) is 14.2. The van der Waals surface area contributed by atoms with Crippen molar-refractivity contribution in [2.45, 2.75) is 13.5 Å². The summed E-state index contributed by atoms with van der Waals surface area (Å²) in [6.45, 7) is 6.08. The first-order valence-corrected chi connectivity index (χ1v) is 9.98. The number of aromatic nitrogens is 2. The Morgan fingerprint density at radius 2 is 1.72 bits per heavy atom. The van der Waals surface area contributed by atoms with E-state index >= 15 is 0 Å². The number of para-hydroxylation sites is 2. The number of morpholine rings is 1. The summed E-state index contributed by atoms with van der Waals surface area (Å²) in [5, 5.41) is 3.44. The number of hydrogen-bond acceptors (Lipinski definition) is 6. The molecule has 2 heterocycles. The summed E-state index contributed by atoms with van der Waals surface area (Å²) in [7, 11) is 2.06. The van der Waals surface area contributed by atoms with E-state index in [1.807, 2.05) is 25.1 Å². The second-order valence-electron chi connectivity index (χ2n) is 7.27. The molecule has 0 aliphatic carbocycles. The minimum atomic E-state index is 0.612. The summed E-state index contributed by atoms with van der Waals surface area (Å²) in [5.74, 6) is 1.51. The van der Waals surface area contributed by atoms with Crippen molar-refractivity contribution >= 4 is 23.1 Å². The van der Waals surface area contributed by atoms with Gasteiger partial charge in [-0.2, -0.15) is 4.98 Å². The molecule has 0 unspecified atom stereocenters. The monoisotopic (exact) mass is 389 g/mol. The van der Waals surface area contributed by atoms with E-state index in [-0.39, 0.29) is 0 Å². The predicted molar refractivity (Wildman–Crippen MR) is 118 cm³/mol. The Morgan fingerprint density at radius 3 is 2.52 bits per heavy atom. The summed E-state index contributed by atoms with van der Waals surface area (Å²) in [6.07, 6.45) is 0. The summed E-state index contributed by atoms with van der Waals surface area (Å²) < 4.78 is 5.49. The van der Waals surface area contributed by atoms with Crippen LogP contribution in [0.25, 0.3) is 0 Å². The fraction of sp³-hybridized carbons (Fsp3) is 0.304. The van der Waals surface area contributed by atoms with Crippen LogP contribution in [0.5, 0.6) is 0 Å². The Labute approximate surface area is 172 Å². The van der Waals surface area contributed by atoms with Crippen LogP contribution in [0.2, 0.25) is 0 Å². The zero-order chi connectivity index (χ0) is 20.1. The molecule has 6 heteroatoms. The van der Waals surface area contributed by atoms with Crippen molar-refractivity contribution in [1.82, 2.24) is 9.97 Å². The van der Waals surface area contributed by atoms with Gasteiger partial charge in [-0.05, 0) is 24.6 Å². The molecule has 29 heavy (non-hydrogen) atoms. The highest BCUT2D eigenvalue weighted by molar-refractivity contribution is 5.73. The molecule has 4 rings (SSSR count). The first kappa shape index (κ1) is 19.2. The second-order valence-corrected chi connectivity index (χ2v) is 7.27. The van der Waals surface area contributed by atoms with E-state index in [4.69, 9.17) is 9.72 Å². The molecule has 1 aliphatic rings. The number of rotatable bonds is 6. The molecule has 6 nitrogen and oxygen atoms in total. The topological polar surface area (TPSA) is 53.5 Å². The molecule has 2 aromatic carbocycles. The van der Waals surface area contributed by atoms with E-state index in [9.17, 15) is 0 Å². The highest BCUT2D eigenvalue weighted by Gasteiger charge is 2.15. The Kier molecular flexibility index (Phi) is 5.91. The summed E-state index contributed by atoms with van der Waals surface area (Å²) in [4.78, 5) is 13.9. The number of hydrogen-bond donors (Lipinski definition) is 1. The van der Waals surface area contributed by atoms with E-state index in [1.165, 1.54) is 5.56 Å². The Bertz CT molecular complexity index is 941. The van der Waals surface area contributed by atoms with Gasteiger partial charge >= 0.3 is 0 Å². The molecule has 0 atom stereocenters. The van der Waals surface area contributed by atoms with Gasteiger partial charge in [0.1, 0.15) is 5.82 Å². The normalized spacial score (nSPS) is 13.9. The van der Waals surface area contributed by atoms with Crippen LogP contribution in [0.15, 0.2) is 60.7 Å². The predicted octanol–water partition coefficient (Wildman–Crippen LogP) is 4.00. The van der Waals surface area contributed by atoms with Crippen molar-refractivity contribution in [3.8, 4) is 0 Å². The minimum absolute atomic E-state index is 0.612. The second kappa shape index (κ2) is 8.92. The average Bonchev–Trinajstić information content (AvgIpc) is 2.75. The van der Waals surface area contributed by atoms with Crippen molar-refractivity contribution in [3.63, 3.8) is 0 Å². The van der Waals surface area contributed by atoms with Gasteiger partial charge in [-0.1, -0.05) is 42.5 Å². The third-order valence-corrected chi connectivity index (χ3v) is 5.00. The smallest absolute Gasteiger partial charge is 0.229 e. The number of ether oxygens (including phenoxy) is 1. The molecule has 1 N–H and O–H groups in total. The van der Waals surface area contributed by atoms with Crippen LogP contribution >= 0.6 is 0 Å². The SMILES string of the molecule is Cc1cc(N(C)Cc2ccccc2)nc(Nc2ccccc2N2CCOCC2)n1. The van der Waals surface area contributed by atoms with E-state index < -0.39 is 0 Å². The Balaban J connectivity index is 1.55. The molecule has 0 saturated carbocycles. The zero-order valence-corrected chi connectivity index (χ0v) is 17.0. The highest BCUT2D eigenvalue weighted by Crippen LogP contribution is 2.29. The first-order valence-electron chi connectivity index (χ1n) is 9.98. The van der Waals surface area contributed by atoms with Crippen molar-refractivity contribution < 1.29 is 4.74 Å². The quantitative estimate of drug-likeness (QED) is 0.688. The number of anilines is 4. The van der Waals surface area contributed by atoms with Crippen molar-refractivity contribution in [3.05, 3.63) is 71.9 Å². The lowest BCUT2D eigenvalue weighted by Crippen LogP contribution is -2.36. The number of benzene rings is 2. The maximum atomic E-state index is 5.49. The maximum absolute atomic E-state index is 5.49. The largest absolute Gasteiger partial charge is 0.378 e. The molecule has 1 aromatic heterocycles. The van der Waals surface area contributed by atoms with Gasteiger partial charge < -0.3 is 19.9 Å². The van der Waals surface area contributed by atoms with Gasteiger partial charge in [-0.15, -0.1) is 0 Å². The van der Waals surface area contributed by atoms with Gasteiger partial charge in [0.25, 0.3) is 0 Å². The van der Waals surface area contributed by atoms with Crippen LogP contribution in [0, 0.1) is 6.92 Å². The third-order valence-electron chi connectivity index (χ3n) is 5.00. The molecular formula is C23H27N5O. The molecule has 0 bridgehead atoms. The minimum Gasteiger partial charge on any atom is -0.378 e. The lowest BCUT2D eigenvalue weighted by Gasteiger charge is -2.30. The number of nitrogens with zero attached hydrogens (tertiary/aromatic N) is 4. The molecule has 150 valence electrons. The molecule has 0 spiro atoms. The van der Waals surface area contributed by atoms with Crippen LogP contribution in [-0.4, -0.2) is 43.3 Å². The van der Waals surface area contributed by atoms with Gasteiger partial charge in [-0.25, -0.2) is 4.98 Å². The molecule has 0 amide bonds. The fourth-order valence-electron chi connectivity index (χ4n) is 3.52. The van der Waals surface area contributed by atoms with E-state index in [1.54, 1.807) is 0 Å². The molecule has 1 fully saturated rings. The van der Waals surface area contributed by atoms with Crippen molar-refractivity contribution in [1.29, 1.82) is 0 Å². The summed E-state index contributed by atoms with van der Waals surface area (Å²) in [6, 6.07) is 20.7. The van der Waals surface area contributed by atoms with Crippen LogP contribution < -0.4 is 15.1 Å². The standard InChI is InChI=1S/C23H27N5O/c1-18-16-22(27(2)17-19-8-4-3-5-9-19)26-23(24-18)25-20-10-6-7-11-21(20)28-12-14-29-15-13-28/h3-11,16H,12-15,17H2,1-2H3,(H,24,25,26). The van der Waals surface area contributed by atoms with Crippen LogP contribution in [0.3, 0.4) is 0 Å². The average molecular weight is 390 g/mol. The Hall–Kier alpha value is -3.12. The van der Waals surface area contributed by atoms with Gasteiger partial charge in [0.2, 0.25) is 5.95 Å². The third kappa shape index (κ3) is 4.84. The molecule has 1 aliphatic heterocycles. The lowest BCUT2D eigenvalue weighted by molar-refractivity contribution is 0.123. The van der Waals surface area contributed by atoms with E-state index in [0.717, 1.165) is 55.7 Å².